The first kappa shape index (κ1) is 8.99. The van der Waals surface area contributed by atoms with Crippen molar-refractivity contribution >= 4 is 12.0 Å². The van der Waals surface area contributed by atoms with Crippen LogP contribution in [0.2, 0.25) is 0 Å². The molecule has 1 aliphatic rings. The maximum atomic E-state index is 11.1. The van der Waals surface area contributed by atoms with Crippen LogP contribution in [0.5, 0.6) is 0 Å². The summed E-state index contributed by atoms with van der Waals surface area (Å²) in [6.07, 6.45) is -0.216. The van der Waals surface area contributed by atoms with E-state index in [9.17, 15) is 9.59 Å². The van der Waals surface area contributed by atoms with E-state index >= 15 is 0 Å². The van der Waals surface area contributed by atoms with Crippen molar-refractivity contribution < 1.29 is 19.1 Å². The second-order valence-electron chi connectivity index (χ2n) is 2.46. The van der Waals surface area contributed by atoms with Gasteiger partial charge in [0.2, 0.25) is 5.91 Å². The average Bonchev–Trinajstić information content (AvgIpc) is 2.45. The topological polar surface area (TPSA) is 55.8 Å². The van der Waals surface area contributed by atoms with Gasteiger partial charge in [-0.3, -0.25) is 4.79 Å². The lowest BCUT2D eigenvalue weighted by molar-refractivity contribution is -0.131. The van der Waals surface area contributed by atoms with E-state index in [4.69, 9.17) is 4.74 Å². The molecular formula is C7H11NO4. The van der Waals surface area contributed by atoms with E-state index in [0.717, 1.165) is 4.90 Å². The Kier molecular flexibility index (Phi) is 2.65. The Hall–Kier alpha value is -1.10. The SMILES string of the molecule is COC(=O)N1C(=O)CCC1OC. The molecule has 68 valence electrons. The van der Waals surface area contributed by atoms with Gasteiger partial charge >= 0.3 is 6.09 Å². The molecule has 1 atom stereocenters. The van der Waals surface area contributed by atoms with Gasteiger partial charge in [-0.1, -0.05) is 0 Å². The zero-order chi connectivity index (χ0) is 9.14. The van der Waals surface area contributed by atoms with Gasteiger partial charge in [0.15, 0.2) is 0 Å². The highest BCUT2D eigenvalue weighted by Crippen LogP contribution is 2.19. The van der Waals surface area contributed by atoms with Crippen LogP contribution in [0.4, 0.5) is 4.79 Å². The lowest BCUT2D eigenvalue weighted by Gasteiger charge is -2.19. The largest absolute Gasteiger partial charge is 0.452 e. The maximum absolute atomic E-state index is 11.1. The van der Waals surface area contributed by atoms with Crippen LogP contribution in [0.15, 0.2) is 0 Å². The minimum Gasteiger partial charge on any atom is -0.452 e. The van der Waals surface area contributed by atoms with Crippen LogP contribution in [-0.2, 0) is 14.3 Å². The monoisotopic (exact) mass is 173 g/mol. The van der Waals surface area contributed by atoms with Crippen molar-refractivity contribution in [3.63, 3.8) is 0 Å². The number of carbonyl (C=O) groups excluding carboxylic acids is 2. The van der Waals surface area contributed by atoms with Crippen molar-refractivity contribution in [1.82, 2.24) is 4.90 Å². The summed E-state index contributed by atoms with van der Waals surface area (Å²) in [5.74, 6) is -0.242. The molecule has 0 aromatic carbocycles. The van der Waals surface area contributed by atoms with E-state index in [2.05, 4.69) is 4.74 Å². The molecule has 0 spiro atoms. The summed E-state index contributed by atoms with van der Waals surface area (Å²) in [5.41, 5.74) is 0. The molecule has 12 heavy (non-hydrogen) atoms. The van der Waals surface area contributed by atoms with Gasteiger partial charge in [0, 0.05) is 20.0 Å². The quantitative estimate of drug-likeness (QED) is 0.574. The van der Waals surface area contributed by atoms with Gasteiger partial charge in [-0.05, 0) is 0 Å². The van der Waals surface area contributed by atoms with Gasteiger partial charge in [-0.25, -0.2) is 9.69 Å². The van der Waals surface area contributed by atoms with E-state index in [1.54, 1.807) is 0 Å². The van der Waals surface area contributed by atoms with E-state index in [-0.39, 0.29) is 5.91 Å². The first-order valence-corrected chi connectivity index (χ1v) is 3.63. The minimum absolute atomic E-state index is 0.242. The second kappa shape index (κ2) is 3.53. The molecule has 0 aliphatic carbocycles. The van der Waals surface area contributed by atoms with Crippen LogP contribution in [0, 0.1) is 0 Å². The van der Waals surface area contributed by atoms with Crippen molar-refractivity contribution in [2.24, 2.45) is 0 Å². The molecule has 2 amide bonds. The molecule has 5 nitrogen and oxygen atoms in total. The molecule has 5 heteroatoms. The number of hydrogen-bond acceptors (Lipinski definition) is 4. The Labute approximate surface area is 70.2 Å². The lowest BCUT2D eigenvalue weighted by Crippen LogP contribution is -2.39. The number of rotatable bonds is 1. The number of carbonyl (C=O) groups is 2. The van der Waals surface area contributed by atoms with E-state index in [1.807, 2.05) is 0 Å². The molecule has 0 bridgehead atoms. The predicted molar refractivity (Wildman–Crippen MR) is 39.3 cm³/mol. The standard InChI is InChI=1S/C7H11NO4/c1-11-6-4-3-5(9)8(6)7(10)12-2/h6H,3-4H2,1-2H3. The molecule has 0 radical (unpaired) electrons. The van der Waals surface area contributed by atoms with E-state index in [1.165, 1.54) is 14.2 Å². The highest BCUT2D eigenvalue weighted by molar-refractivity contribution is 5.93. The number of amides is 2. The number of likely N-dealkylation sites (tertiary alicyclic amines) is 1. The van der Waals surface area contributed by atoms with Crippen molar-refractivity contribution in [1.29, 1.82) is 0 Å². The highest BCUT2D eigenvalue weighted by atomic mass is 16.6. The van der Waals surface area contributed by atoms with Crippen LogP contribution in [0.1, 0.15) is 12.8 Å². The summed E-state index contributed by atoms with van der Waals surface area (Å²) < 4.78 is 9.34. The molecule has 1 unspecified atom stereocenters. The normalized spacial score (nSPS) is 23.0. The molecule has 1 heterocycles. The average molecular weight is 173 g/mol. The predicted octanol–water partition coefficient (Wildman–Crippen LogP) is 0.348. The molecule has 0 aromatic heterocycles. The third kappa shape index (κ3) is 1.40. The smallest absolute Gasteiger partial charge is 0.418 e. The Bertz CT molecular complexity index is 204. The first-order chi connectivity index (χ1) is 5.70. The molecule has 0 N–H and O–H groups in total. The Morgan fingerprint density at radius 3 is 2.75 bits per heavy atom. The van der Waals surface area contributed by atoms with Crippen molar-refractivity contribution in [3.05, 3.63) is 0 Å². The zero-order valence-electron chi connectivity index (χ0n) is 7.07. The summed E-state index contributed by atoms with van der Waals surface area (Å²) in [5, 5.41) is 0. The van der Waals surface area contributed by atoms with Crippen molar-refractivity contribution in [2.75, 3.05) is 14.2 Å². The molecule has 1 rings (SSSR count). The molecule has 1 fully saturated rings. The number of ether oxygens (including phenoxy) is 2. The fraction of sp³-hybridized carbons (Fsp3) is 0.714. The number of imide groups is 1. The molecular weight excluding hydrogens is 162 g/mol. The zero-order valence-corrected chi connectivity index (χ0v) is 7.07. The summed E-state index contributed by atoms with van der Waals surface area (Å²) in [6.45, 7) is 0. The minimum atomic E-state index is -0.649. The third-order valence-corrected chi connectivity index (χ3v) is 1.81. The van der Waals surface area contributed by atoms with Crippen molar-refractivity contribution in [3.8, 4) is 0 Å². The highest BCUT2D eigenvalue weighted by Gasteiger charge is 2.36. The number of hydrogen-bond donors (Lipinski definition) is 0. The lowest BCUT2D eigenvalue weighted by atomic mass is 10.4. The van der Waals surface area contributed by atoms with Gasteiger partial charge in [-0.15, -0.1) is 0 Å². The summed E-state index contributed by atoms with van der Waals surface area (Å²) in [6, 6.07) is 0. The first-order valence-electron chi connectivity index (χ1n) is 3.63. The molecule has 1 saturated heterocycles. The second-order valence-corrected chi connectivity index (χ2v) is 2.46. The van der Waals surface area contributed by atoms with Gasteiger partial charge in [0.1, 0.15) is 6.23 Å². The van der Waals surface area contributed by atoms with Crippen LogP contribution in [0.3, 0.4) is 0 Å². The Morgan fingerprint density at radius 2 is 2.25 bits per heavy atom. The van der Waals surface area contributed by atoms with Crippen LogP contribution in [-0.4, -0.2) is 37.3 Å². The third-order valence-electron chi connectivity index (χ3n) is 1.81. The maximum Gasteiger partial charge on any atom is 0.418 e. The molecule has 1 aliphatic heterocycles. The summed E-state index contributed by atoms with van der Waals surface area (Å²) in [7, 11) is 2.69. The van der Waals surface area contributed by atoms with E-state index < -0.39 is 12.3 Å². The van der Waals surface area contributed by atoms with Crippen LogP contribution >= 0.6 is 0 Å². The fourth-order valence-corrected chi connectivity index (χ4v) is 1.20. The fourth-order valence-electron chi connectivity index (χ4n) is 1.20. The summed E-state index contributed by atoms with van der Waals surface area (Å²) in [4.78, 5) is 23.1. The number of nitrogens with zero attached hydrogens (tertiary/aromatic N) is 1. The Balaban J connectivity index is 2.70. The van der Waals surface area contributed by atoms with Gasteiger partial charge in [0.05, 0.1) is 7.11 Å². The van der Waals surface area contributed by atoms with Gasteiger partial charge in [0.25, 0.3) is 0 Å². The Morgan fingerprint density at radius 1 is 1.58 bits per heavy atom. The van der Waals surface area contributed by atoms with Crippen molar-refractivity contribution in [2.45, 2.75) is 19.1 Å². The van der Waals surface area contributed by atoms with Crippen LogP contribution < -0.4 is 0 Å². The number of methoxy groups -OCH3 is 2. The van der Waals surface area contributed by atoms with Gasteiger partial charge < -0.3 is 9.47 Å². The van der Waals surface area contributed by atoms with Crippen LogP contribution in [0.25, 0.3) is 0 Å². The van der Waals surface area contributed by atoms with E-state index in [0.29, 0.717) is 12.8 Å². The molecule has 0 saturated carbocycles. The summed E-state index contributed by atoms with van der Waals surface area (Å²) >= 11 is 0. The van der Waals surface area contributed by atoms with Gasteiger partial charge in [-0.2, -0.15) is 0 Å². The molecule has 0 aromatic rings.